The van der Waals surface area contributed by atoms with E-state index in [1.165, 1.54) is 11.1 Å². The predicted octanol–water partition coefficient (Wildman–Crippen LogP) is 3.54. The maximum absolute atomic E-state index is 5.69. The lowest BCUT2D eigenvalue weighted by Crippen LogP contribution is -2.33. The van der Waals surface area contributed by atoms with Crippen molar-refractivity contribution >= 4 is 5.57 Å². The molecule has 0 bridgehead atoms. The van der Waals surface area contributed by atoms with Gasteiger partial charge in [0.05, 0.1) is 18.8 Å². The molecule has 0 heterocycles. The van der Waals surface area contributed by atoms with E-state index < -0.39 is 0 Å². The van der Waals surface area contributed by atoms with Crippen LogP contribution in [0, 0.1) is 5.92 Å². The van der Waals surface area contributed by atoms with Crippen molar-refractivity contribution in [3.8, 4) is 5.75 Å². The van der Waals surface area contributed by atoms with Gasteiger partial charge >= 0.3 is 0 Å². The molecule has 0 aliphatic heterocycles. The molecule has 3 heteroatoms. The van der Waals surface area contributed by atoms with Crippen molar-refractivity contribution in [1.82, 2.24) is 0 Å². The Balaban J connectivity index is 2.33. The lowest BCUT2D eigenvalue weighted by Gasteiger charge is -2.32. The second-order valence-corrected chi connectivity index (χ2v) is 5.72. The van der Waals surface area contributed by atoms with E-state index in [0.29, 0.717) is 5.92 Å². The first-order valence-corrected chi connectivity index (χ1v) is 6.96. The highest BCUT2D eigenvalue weighted by molar-refractivity contribution is 5.71. The Morgan fingerprint density at radius 3 is 2.20 bits per heavy atom. The first-order chi connectivity index (χ1) is 9.51. The van der Waals surface area contributed by atoms with Gasteiger partial charge in [-0.05, 0) is 43.5 Å². The fourth-order valence-electron chi connectivity index (χ4n) is 2.79. The molecule has 20 heavy (non-hydrogen) atoms. The van der Waals surface area contributed by atoms with Gasteiger partial charge in [0.1, 0.15) is 5.75 Å². The number of benzene rings is 1. The van der Waals surface area contributed by atoms with Crippen LogP contribution in [0.2, 0.25) is 0 Å². The summed E-state index contributed by atoms with van der Waals surface area (Å²) in [6.45, 7) is 4.26. The van der Waals surface area contributed by atoms with Crippen molar-refractivity contribution in [2.75, 3.05) is 21.3 Å². The predicted molar refractivity (Wildman–Crippen MR) is 81.0 cm³/mol. The van der Waals surface area contributed by atoms with Crippen LogP contribution in [0.5, 0.6) is 5.75 Å². The van der Waals surface area contributed by atoms with Crippen LogP contribution >= 0.6 is 0 Å². The summed E-state index contributed by atoms with van der Waals surface area (Å²) >= 11 is 0. The number of rotatable bonds is 5. The molecule has 1 aliphatic carbocycles. The zero-order valence-corrected chi connectivity index (χ0v) is 13.0. The van der Waals surface area contributed by atoms with E-state index in [2.05, 4.69) is 32.1 Å². The molecule has 1 aliphatic rings. The summed E-state index contributed by atoms with van der Waals surface area (Å²) in [6, 6.07) is 8.18. The molecule has 0 spiro atoms. The summed E-state index contributed by atoms with van der Waals surface area (Å²) in [6.07, 6.45) is 3.33. The Bertz CT molecular complexity index is 474. The standard InChI is InChI=1S/C17H24O3/c1-17(2,20-5)16-11-14(19-4)10-15(16)12-6-8-13(18-3)9-7-12/h6-10,14,16H,11H2,1-5H3/t14?,16-/m1/s1. The molecule has 0 radical (unpaired) electrons. The zero-order valence-electron chi connectivity index (χ0n) is 13.0. The second-order valence-electron chi connectivity index (χ2n) is 5.72. The van der Waals surface area contributed by atoms with Gasteiger partial charge in [0.25, 0.3) is 0 Å². The molecule has 1 aromatic carbocycles. The number of hydrogen-bond donors (Lipinski definition) is 0. The Morgan fingerprint density at radius 1 is 1.05 bits per heavy atom. The van der Waals surface area contributed by atoms with Crippen molar-refractivity contribution in [2.45, 2.75) is 32.0 Å². The molecular formula is C17H24O3. The minimum Gasteiger partial charge on any atom is -0.497 e. The topological polar surface area (TPSA) is 27.7 Å². The lowest BCUT2D eigenvalue weighted by atomic mass is 9.82. The van der Waals surface area contributed by atoms with Gasteiger partial charge in [-0.2, -0.15) is 0 Å². The van der Waals surface area contributed by atoms with Crippen molar-refractivity contribution in [1.29, 1.82) is 0 Å². The highest BCUT2D eigenvalue weighted by atomic mass is 16.5. The van der Waals surface area contributed by atoms with Crippen LogP contribution in [0.25, 0.3) is 5.57 Å². The first kappa shape index (κ1) is 15.1. The summed E-state index contributed by atoms with van der Waals surface area (Å²) in [5, 5.41) is 0. The quantitative estimate of drug-likeness (QED) is 0.823. The highest BCUT2D eigenvalue weighted by Gasteiger charge is 2.38. The summed E-state index contributed by atoms with van der Waals surface area (Å²) in [5.74, 6) is 1.20. The molecule has 0 N–H and O–H groups in total. The summed E-state index contributed by atoms with van der Waals surface area (Å²) in [5.41, 5.74) is 2.30. The smallest absolute Gasteiger partial charge is 0.118 e. The maximum atomic E-state index is 5.69. The van der Waals surface area contributed by atoms with Gasteiger partial charge < -0.3 is 14.2 Å². The molecule has 2 rings (SSSR count). The summed E-state index contributed by atoms with van der Waals surface area (Å²) < 4.78 is 16.4. The van der Waals surface area contributed by atoms with Gasteiger partial charge in [0, 0.05) is 20.1 Å². The van der Waals surface area contributed by atoms with Crippen LogP contribution in [0.3, 0.4) is 0 Å². The SMILES string of the molecule is COc1ccc(C2=CC(OC)C[C@H]2C(C)(C)OC)cc1. The lowest BCUT2D eigenvalue weighted by molar-refractivity contribution is -0.0184. The average Bonchev–Trinajstić information content (AvgIpc) is 2.92. The van der Waals surface area contributed by atoms with Gasteiger partial charge in [-0.3, -0.25) is 0 Å². The third kappa shape index (κ3) is 2.89. The van der Waals surface area contributed by atoms with Gasteiger partial charge in [0.15, 0.2) is 0 Å². The molecule has 0 amide bonds. The van der Waals surface area contributed by atoms with Crippen molar-refractivity contribution in [3.63, 3.8) is 0 Å². The summed E-state index contributed by atoms with van der Waals surface area (Å²) in [4.78, 5) is 0. The average molecular weight is 276 g/mol. The summed E-state index contributed by atoms with van der Waals surface area (Å²) in [7, 11) is 5.21. The third-order valence-corrected chi connectivity index (χ3v) is 4.30. The van der Waals surface area contributed by atoms with Gasteiger partial charge in [0.2, 0.25) is 0 Å². The van der Waals surface area contributed by atoms with Gasteiger partial charge in [-0.15, -0.1) is 0 Å². The van der Waals surface area contributed by atoms with Crippen LogP contribution in [-0.4, -0.2) is 33.0 Å². The highest BCUT2D eigenvalue weighted by Crippen LogP contribution is 2.43. The minimum absolute atomic E-state index is 0.159. The molecule has 1 aromatic rings. The second kappa shape index (κ2) is 5.98. The van der Waals surface area contributed by atoms with E-state index in [9.17, 15) is 0 Å². The third-order valence-electron chi connectivity index (χ3n) is 4.30. The van der Waals surface area contributed by atoms with Crippen LogP contribution in [0.15, 0.2) is 30.3 Å². The largest absolute Gasteiger partial charge is 0.497 e. The zero-order chi connectivity index (χ0) is 14.8. The van der Waals surface area contributed by atoms with E-state index in [1.807, 2.05) is 12.1 Å². The van der Waals surface area contributed by atoms with Crippen LogP contribution in [0.1, 0.15) is 25.8 Å². The van der Waals surface area contributed by atoms with Gasteiger partial charge in [-0.1, -0.05) is 18.2 Å². The fourth-order valence-corrected chi connectivity index (χ4v) is 2.79. The minimum atomic E-state index is -0.209. The van der Waals surface area contributed by atoms with Crippen LogP contribution in [0.4, 0.5) is 0 Å². The Hall–Kier alpha value is -1.32. The molecule has 110 valence electrons. The molecule has 1 unspecified atom stereocenters. The van der Waals surface area contributed by atoms with E-state index in [1.54, 1.807) is 21.3 Å². The van der Waals surface area contributed by atoms with Crippen molar-refractivity contribution in [3.05, 3.63) is 35.9 Å². The molecule has 3 nitrogen and oxygen atoms in total. The maximum Gasteiger partial charge on any atom is 0.118 e. The monoisotopic (exact) mass is 276 g/mol. The van der Waals surface area contributed by atoms with E-state index >= 15 is 0 Å². The van der Waals surface area contributed by atoms with E-state index in [-0.39, 0.29) is 11.7 Å². The van der Waals surface area contributed by atoms with E-state index in [0.717, 1.165) is 12.2 Å². The molecule has 0 saturated heterocycles. The van der Waals surface area contributed by atoms with Crippen LogP contribution < -0.4 is 4.74 Å². The molecular weight excluding hydrogens is 252 g/mol. The molecule has 0 saturated carbocycles. The first-order valence-electron chi connectivity index (χ1n) is 6.96. The van der Waals surface area contributed by atoms with E-state index in [4.69, 9.17) is 14.2 Å². The van der Waals surface area contributed by atoms with Crippen molar-refractivity contribution in [2.24, 2.45) is 5.92 Å². The number of methoxy groups -OCH3 is 3. The normalized spacial score (nSPS) is 22.8. The van der Waals surface area contributed by atoms with Gasteiger partial charge in [-0.25, -0.2) is 0 Å². The Kier molecular flexibility index (Phi) is 4.51. The molecule has 0 aromatic heterocycles. The van der Waals surface area contributed by atoms with Crippen LogP contribution in [-0.2, 0) is 9.47 Å². The molecule has 2 atom stereocenters. The molecule has 0 fully saturated rings. The Labute approximate surface area is 121 Å². The number of hydrogen-bond acceptors (Lipinski definition) is 3. The number of ether oxygens (including phenoxy) is 3. The Morgan fingerprint density at radius 2 is 1.70 bits per heavy atom. The fraction of sp³-hybridized carbons (Fsp3) is 0.529. The van der Waals surface area contributed by atoms with Crippen molar-refractivity contribution < 1.29 is 14.2 Å².